The maximum absolute atomic E-state index is 14.0. The minimum Gasteiger partial charge on any atom is -0.508 e. The lowest BCUT2D eigenvalue weighted by Gasteiger charge is -2.60. The molecule has 6 rings (SSSR count). The summed E-state index contributed by atoms with van der Waals surface area (Å²) in [6.45, 7) is 3.37. The van der Waals surface area contributed by atoms with E-state index in [0.717, 1.165) is 54.4 Å². The van der Waals surface area contributed by atoms with Crippen LogP contribution in [0, 0.1) is 31.1 Å². The molecule has 52 heavy (non-hydrogen) atoms. The van der Waals surface area contributed by atoms with Gasteiger partial charge in [0.05, 0.1) is 25.1 Å². The summed E-state index contributed by atoms with van der Waals surface area (Å²) in [5.41, 5.74) is 8.35. The second-order valence-electron chi connectivity index (χ2n) is 15.2. The fourth-order valence-electron chi connectivity index (χ4n) is 9.20. The number of hydrogen-bond donors (Lipinski definition) is 6. The van der Waals surface area contributed by atoms with Crippen LogP contribution in [0.4, 0.5) is 0 Å². The van der Waals surface area contributed by atoms with E-state index in [-0.39, 0.29) is 43.5 Å². The number of carbonyl (C=O) groups is 5. The Morgan fingerprint density at radius 2 is 1.54 bits per heavy atom. The molecule has 13 heteroatoms. The standard InChI is InChI=1S/C39H53N5O8/c1-23-12-28(45)13-24(2)29(23)16-30(40)34(47)43-31(10-11-51-3)35(48)41-21-33(46)42-32(15-25-8-6-5-7-9-25)36(49)44-39-19-26-14-27(20-39)18-38(17-26,22-39)37(50)52-4/h5-9,12-13,26-27,30-32,45H,10-11,14-22,40H2,1-4H3,(H,41,48)(H,42,46)(H,43,47)(H,44,49)/t26?,27?,30-,31-,32-,38?,39?/m0/s1. The summed E-state index contributed by atoms with van der Waals surface area (Å²) >= 11 is 0. The summed E-state index contributed by atoms with van der Waals surface area (Å²) in [5.74, 6) is -1.52. The molecule has 0 aliphatic heterocycles. The van der Waals surface area contributed by atoms with Gasteiger partial charge in [0.15, 0.2) is 0 Å². The van der Waals surface area contributed by atoms with E-state index < -0.39 is 53.3 Å². The number of rotatable bonds is 16. The monoisotopic (exact) mass is 719 g/mol. The topological polar surface area (TPSA) is 198 Å². The normalized spacial score (nSPS) is 24.6. The average molecular weight is 720 g/mol. The van der Waals surface area contributed by atoms with Crippen LogP contribution in [-0.4, -0.2) is 85.7 Å². The molecule has 13 nitrogen and oxygen atoms in total. The van der Waals surface area contributed by atoms with Crippen molar-refractivity contribution in [2.75, 3.05) is 27.4 Å². The van der Waals surface area contributed by atoms with Crippen molar-refractivity contribution in [2.45, 2.75) is 95.3 Å². The second kappa shape index (κ2) is 16.5. The van der Waals surface area contributed by atoms with Crippen LogP contribution in [-0.2, 0) is 46.3 Å². The molecule has 2 unspecified atom stereocenters. The number of esters is 1. The van der Waals surface area contributed by atoms with Crippen molar-refractivity contribution < 1.29 is 38.6 Å². The van der Waals surface area contributed by atoms with Gasteiger partial charge in [0.1, 0.15) is 17.8 Å². The fraction of sp³-hybridized carbons (Fsp3) is 0.564. The molecule has 0 spiro atoms. The average Bonchev–Trinajstić information content (AvgIpc) is 3.09. The number of aryl methyl sites for hydroxylation is 2. The van der Waals surface area contributed by atoms with E-state index in [0.29, 0.717) is 18.3 Å². The van der Waals surface area contributed by atoms with Gasteiger partial charge in [-0.15, -0.1) is 0 Å². The molecule has 4 aliphatic carbocycles. The maximum atomic E-state index is 14.0. The summed E-state index contributed by atoms with van der Waals surface area (Å²) < 4.78 is 10.4. The van der Waals surface area contributed by atoms with Gasteiger partial charge in [-0.05, 0) is 111 Å². The minimum absolute atomic E-state index is 0.125. The van der Waals surface area contributed by atoms with Gasteiger partial charge >= 0.3 is 5.97 Å². The molecule has 5 atom stereocenters. The van der Waals surface area contributed by atoms with Crippen LogP contribution in [0.2, 0.25) is 0 Å². The van der Waals surface area contributed by atoms with Crippen LogP contribution < -0.4 is 27.0 Å². The molecule has 4 saturated carbocycles. The second-order valence-corrected chi connectivity index (χ2v) is 15.2. The van der Waals surface area contributed by atoms with Crippen LogP contribution in [0.15, 0.2) is 42.5 Å². The number of nitrogens with one attached hydrogen (secondary N) is 4. The molecule has 0 radical (unpaired) electrons. The number of amides is 4. The lowest BCUT2D eigenvalue weighted by atomic mass is 9.47. The van der Waals surface area contributed by atoms with Gasteiger partial charge in [0.2, 0.25) is 23.6 Å². The first-order chi connectivity index (χ1) is 24.7. The highest BCUT2D eigenvalue weighted by Gasteiger charge is 2.61. The van der Waals surface area contributed by atoms with Crippen LogP contribution >= 0.6 is 0 Å². The van der Waals surface area contributed by atoms with Crippen LogP contribution in [0.1, 0.15) is 67.2 Å². The van der Waals surface area contributed by atoms with Gasteiger partial charge in [-0.2, -0.15) is 0 Å². The molecule has 0 aromatic heterocycles. The van der Waals surface area contributed by atoms with E-state index in [1.54, 1.807) is 12.1 Å². The third-order valence-electron chi connectivity index (χ3n) is 11.1. The number of nitrogens with two attached hydrogens (primary N) is 1. The summed E-state index contributed by atoms with van der Waals surface area (Å²) in [7, 11) is 2.89. The minimum atomic E-state index is -1.03. The smallest absolute Gasteiger partial charge is 0.311 e. The van der Waals surface area contributed by atoms with Crippen molar-refractivity contribution >= 4 is 29.6 Å². The number of ether oxygens (including phenoxy) is 2. The van der Waals surface area contributed by atoms with E-state index >= 15 is 0 Å². The molecule has 4 bridgehead atoms. The molecule has 4 aliphatic rings. The first kappa shape index (κ1) is 38.7. The third kappa shape index (κ3) is 9.11. The lowest BCUT2D eigenvalue weighted by Crippen LogP contribution is -2.67. The lowest BCUT2D eigenvalue weighted by molar-refractivity contribution is -0.173. The van der Waals surface area contributed by atoms with E-state index in [4.69, 9.17) is 15.2 Å². The van der Waals surface area contributed by atoms with Crippen molar-refractivity contribution in [3.05, 3.63) is 64.7 Å². The maximum Gasteiger partial charge on any atom is 0.311 e. The van der Waals surface area contributed by atoms with E-state index in [1.165, 1.54) is 14.2 Å². The quantitative estimate of drug-likeness (QED) is 0.140. The molecule has 4 amide bonds. The van der Waals surface area contributed by atoms with E-state index in [1.807, 2.05) is 44.2 Å². The van der Waals surface area contributed by atoms with Gasteiger partial charge in [0.25, 0.3) is 0 Å². The zero-order valence-corrected chi connectivity index (χ0v) is 30.6. The molecule has 2 aromatic carbocycles. The zero-order chi connectivity index (χ0) is 37.6. The summed E-state index contributed by atoms with van der Waals surface area (Å²) in [4.78, 5) is 66.8. The number of hydrogen-bond acceptors (Lipinski definition) is 9. The van der Waals surface area contributed by atoms with Crippen molar-refractivity contribution in [1.82, 2.24) is 21.3 Å². The van der Waals surface area contributed by atoms with Gasteiger partial charge in [-0.1, -0.05) is 30.3 Å². The number of phenolic OH excluding ortho intramolecular Hbond substituents is 1. The predicted octanol–water partition coefficient (Wildman–Crippen LogP) is 1.87. The summed E-state index contributed by atoms with van der Waals surface area (Å²) in [6, 6.07) is 9.60. The number of carbonyl (C=O) groups excluding carboxylic acids is 5. The first-order valence-electron chi connectivity index (χ1n) is 18.1. The highest BCUT2D eigenvalue weighted by atomic mass is 16.5. The first-order valence-corrected chi connectivity index (χ1v) is 18.1. The zero-order valence-electron chi connectivity index (χ0n) is 30.6. The van der Waals surface area contributed by atoms with Crippen molar-refractivity contribution in [2.24, 2.45) is 23.0 Å². The van der Waals surface area contributed by atoms with Gasteiger partial charge in [0, 0.05) is 25.7 Å². The van der Waals surface area contributed by atoms with E-state index in [2.05, 4.69) is 21.3 Å². The Kier molecular flexibility index (Phi) is 12.3. The number of aromatic hydroxyl groups is 1. The molecule has 7 N–H and O–H groups in total. The summed E-state index contributed by atoms with van der Waals surface area (Å²) in [6.07, 6.45) is 5.21. The summed E-state index contributed by atoms with van der Waals surface area (Å²) in [5, 5.41) is 21.3. The van der Waals surface area contributed by atoms with Gasteiger partial charge in [-0.25, -0.2) is 0 Å². The van der Waals surface area contributed by atoms with Crippen LogP contribution in [0.3, 0.4) is 0 Å². The Morgan fingerprint density at radius 1 is 0.885 bits per heavy atom. The Hall–Kier alpha value is -4.49. The fourth-order valence-corrected chi connectivity index (χ4v) is 9.20. The van der Waals surface area contributed by atoms with Crippen molar-refractivity contribution in [3.63, 3.8) is 0 Å². The Balaban J connectivity index is 1.22. The Labute approximate surface area is 305 Å². The molecule has 0 saturated heterocycles. The number of phenols is 1. The SMILES string of the molecule is COCC[C@H](NC(=O)[C@@H](N)Cc1c(C)cc(O)cc1C)C(=O)NCC(=O)N[C@@H](Cc1ccccc1)C(=O)NC12CC3CC(C1)CC(C(=O)OC)(C3)C2. The van der Waals surface area contributed by atoms with Crippen LogP contribution in [0.5, 0.6) is 5.75 Å². The van der Waals surface area contributed by atoms with Gasteiger partial charge < -0.3 is 41.6 Å². The number of methoxy groups -OCH3 is 2. The van der Waals surface area contributed by atoms with Crippen molar-refractivity contribution in [3.8, 4) is 5.75 Å². The highest BCUT2D eigenvalue weighted by Crippen LogP contribution is 2.62. The van der Waals surface area contributed by atoms with E-state index in [9.17, 15) is 29.1 Å². The Morgan fingerprint density at radius 3 is 2.15 bits per heavy atom. The third-order valence-corrected chi connectivity index (χ3v) is 11.1. The molecule has 2 aromatic rings. The Bertz CT molecular complexity index is 1610. The molecule has 0 heterocycles. The molecule has 4 fully saturated rings. The van der Waals surface area contributed by atoms with Crippen LogP contribution in [0.25, 0.3) is 0 Å². The van der Waals surface area contributed by atoms with Crippen molar-refractivity contribution in [1.29, 1.82) is 0 Å². The molecular formula is C39H53N5O8. The number of benzene rings is 2. The predicted molar refractivity (Wildman–Crippen MR) is 193 cm³/mol. The van der Waals surface area contributed by atoms with Gasteiger partial charge in [-0.3, -0.25) is 24.0 Å². The molecular weight excluding hydrogens is 666 g/mol. The largest absolute Gasteiger partial charge is 0.508 e. The highest BCUT2D eigenvalue weighted by molar-refractivity contribution is 5.93. The molecule has 282 valence electrons.